The molecule has 1 heterocycles. The molecule has 4 nitrogen and oxygen atoms in total. The number of ether oxygens (including phenoxy) is 1. The van der Waals surface area contributed by atoms with Crippen molar-refractivity contribution in [3.8, 4) is 5.75 Å². The second kappa shape index (κ2) is 10.2. The van der Waals surface area contributed by atoms with Crippen molar-refractivity contribution in [1.82, 2.24) is 9.80 Å². The lowest BCUT2D eigenvalue weighted by Crippen LogP contribution is -2.49. The van der Waals surface area contributed by atoms with Gasteiger partial charge in [-0.3, -0.25) is 9.69 Å². The molecule has 1 saturated heterocycles. The van der Waals surface area contributed by atoms with Gasteiger partial charge in [-0.2, -0.15) is 13.2 Å². The summed E-state index contributed by atoms with van der Waals surface area (Å²) in [6.07, 6.45) is -4.37. The quantitative estimate of drug-likeness (QED) is 0.532. The molecule has 4 rings (SSSR count). The number of halogens is 4. The van der Waals surface area contributed by atoms with E-state index in [-0.39, 0.29) is 37.0 Å². The van der Waals surface area contributed by atoms with Crippen LogP contribution >= 0.6 is 12.4 Å². The van der Waals surface area contributed by atoms with Gasteiger partial charge in [0.15, 0.2) is 6.61 Å². The van der Waals surface area contributed by atoms with E-state index in [9.17, 15) is 18.0 Å². The van der Waals surface area contributed by atoms with Gasteiger partial charge in [0.1, 0.15) is 5.75 Å². The van der Waals surface area contributed by atoms with Crippen molar-refractivity contribution >= 4 is 29.1 Å². The third-order valence-electron chi connectivity index (χ3n) is 5.52. The zero-order valence-electron chi connectivity index (χ0n) is 17.3. The van der Waals surface area contributed by atoms with Gasteiger partial charge in [-0.15, -0.1) is 12.4 Å². The topological polar surface area (TPSA) is 32.8 Å². The fraction of sp³-hybridized carbons (Fsp3) is 0.292. The Morgan fingerprint density at radius 1 is 0.875 bits per heavy atom. The van der Waals surface area contributed by atoms with Crippen molar-refractivity contribution in [3.05, 3.63) is 77.9 Å². The van der Waals surface area contributed by atoms with Crippen LogP contribution < -0.4 is 4.74 Å². The number of piperazine rings is 1. The van der Waals surface area contributed by atoms with Crippen LogP contribution in [0.5, 0.6) is 5.75 Å². The summed E-state index contributed by atoms with van der Waals surface area (Å²) in [6, 6.07) is 19.2. The molecule has 1 amide bonds. The highest BCUT2D eigenvalue weighted by atomic mass is 35.5. The first-order valence-electron chi connectivity index (χ1n) is 10.2. The molecule has 0 saturated carbocycles. The molecule has 0 atom stereocenters. The highest BCUT2D eigenvalue weighted by Crippen LogP contribution is 2.32. The summed E-state index contributed by atoms with van der Waals surface area (Å²) >= 11 is 0. The largest absolute Gasteiger partial charge is 0.484 e. The Bertz CT molecular complexity index is 1070. The first-order chi connectivity index (χ1) is 14.9. The molecule has 0 aliphatic carbocycles. The molecule has 1 aliphatic rings. The molecule has 170 valence electrons. The zero-order chi connectivity index (χ0) is 21.8. The van der Waals surface area contributed by atoms with E-state index < -0.39 is 11.7 Å². The maximum absolute atomic E-state index is 13.2. The van der Waals surface area contributed by atoms with E-state index >= 15 is 0 Å². The van der Waals surface area contributed by atoms with Gasteiger partial charge in [0.25, 0.3) is 5.91 Å². The first kappa shape index (κ1) is 23.9. The van der Waals surface area contributed by atoms with Gasteiger partial charge in [0.05, 0.1) is 5.56 Å². The van der Waals surface area contributed by atoms with Crippen LogP contribution in [-0.2, 0) is 17.5 Å². The molecular formula is C24H24ClF3N2O2. The fourth-order valence-corrected chi connectivity index (χ4v) is 3.82. The predicted octanol–water partition coefficient (Wildman–Crippen LogP) is 5.00. The normalized spacial score (nSPS) is 14.8. The summed E-state index contributed by atoms with van der Waals surface area (Å²) in [4.78, 5) is 16.2. The number of benzene rings is 3. The Morgan fingerprint density at radius 2 is 1.53 bits per heavy atom. The summed E-state index contributed by atoms with van der Waals surface area (Å²) in [5, 5.41) is 2.14. The van der Waals surface area contributed by atoms with Gasteiger partial charge in [-0.1, -0.05) is 48.5 Å². The number of fused-ring (bicyclic) bond motifs is 1. The maximum atomic E-state index is 13.2. The van der Waals surface area contributed by atoms with Crippen LogP contribution in [0.4, 0.5) is 13.2 Å². The average molecular weight is 465 g/mol. The first-order valence-corrected chi connectivity index (χ1v) is 10.2. The Kier molecular flexibility index (Phi) is 7.64. The van der Waals surface area contributed by atoms with Crippen LogP contribution in [0.2, 0.25) is 0 Å². The van der Waals surface area contributed by atoms with Crippen molar-refractivity contribution in [2.75, 3.05) is 32.8 Å². The highest BCUT2D eigenvalue weighted by Gasteiger charge is 2.33. The van der Waals surface area contributed by atoms with Crippen LogP contribution in [0.15, 0.2) is 66.7 Å². The Balaban J connectivity index is 0.00000289. The molecule has 8 heteroatoms. The van der Waals surface area contributed by atoms with Crippen molar-refractivity contribution in [1.29, 1.82) is 0 Å². The Labute approximate surface area is 191 Å². The number of hydrogen-bond acceptors (Lipinski definition) is 3. The standard InChI is InChI=1S/C24H23F3N2O2.ClH/c25-24(26,27)22-8-4-3-7-20(22)16-28-11-13-29(14-12-28)23(30)17-31-21-10-9-18-5-1-2-6-19(18)15-21;/h1-10,15H,11-14,16-17H2;1H. The van der Waals surface area contributed by atoms with Gasteiger partial charge < -0.3 is 9.64 Å². The second-order valence-electron chi connectivity index (χ2n) is 7.61. The molecule has 0 spiro atoms. The summed E-state index contributed by atoms with van der Waals surface area (Å²) in [5.41, 5.74) is -0.341. The minimum atomic E-state index is -4.37. The van der Waals surface area contributed by atoms with Gasteiger partial charge in [-0.25, -0.2) is 0 Å². The number of carbonyl (C=O) groups excluding carboxylic acids is 1. The van der Waals surface area contributed by atoms with E-state index in [1.165, 1.54) is 12.1 Å². The zero-order valence-corrected chi connectivity index (χ0v) is 18.2. The molecule has 3 aromatic rings. The van der Waals surface area contributed by atoms with Crippen LogP contribution in [0.3, 0.4) is 0 Å². The van der Waals surface area contributed by atoms with Crippen LogP contribution in [0.25, 0.3) is 10.8 Å². The van der Waals surface area contributed by atoms with Crippen LogP contribution in [0, 0.1) is 0 Å². The number of rotatable bonds is 5. The molecule has 1 fully saturated rings. The smallest absolute Gasteiger partial charge is 0.416 e. The van der Waals surface area contributed by atoms with Crippen LogP contribution in [-0.4, -0.2) is 48.5 Å². The number of hydrogen-bond donors (Lipinski definition) is 0. The van der Waals surface area contributed by atoms with E-state index in [4.69, 9.17) is 4.74 Å². The molecule has 32 heavy (non-hydrogen) atoms. The molecule has 1 aliphatic heterocycles. The van der Waals surface area contributed by atoms with E-state index in [2.05, 4.69) is 0 Å². The van der Waals surface area contributed by atoms with Gasteiger partial charge in [-0.05, 0) is 34.5 Å². The van der Waals surface area contributed by atoms with Gasteiger partial charge in [0, 0.05) is 32.7 Å². The van der Waals surface area contributed by atoms with Gasteiger partial charge >= 0.3 is 6.18 Å². The minimum Gasteiger partial charge on any atom is -0.484 e. The van der Waals surface area contributed by atoms with Crippen molar-refractivity contribution < 1.29 is 22.7 Å². The summed E-state index contributed by atoms with van der Waals surface area (Å²) in [7, 11) is 0. The molecule has 0 aromatic heterocycles. The number of alkyl halides is 3. The van der Waals surface area contributed by atoms with Crippen LogP contribution in [0.1, 0.15) is 11.1 Å². The lowest BCUT2D eigenvalue weighted by molar-refractivity contribution is -0.138. The number of amides is 1. The number of nitrogens with zero attached hydrogens (tertiary/aromatic N) is 2. The van der Waals surface area contributed by atoms with Gasteiger partial charge in [0.2, 0.25) is 0 Å². The summed E-state index contributed by atoms with van der Waals surface area (Å²) < 4.78 is 45.3. The van der Waals surface area contributed by atoms with Crippen molar-refractivity contribution in [3.63, 3.8) is 0 Å². The third-order valence-corrected chi connectivity index (χ3v) is 5.52. The van der Waals surface area contributed by atoms with E-state index in [0.717, 1.165) is 16.8 Å². The lowest BCUT2D eigenvalue weighted by Gasteiger charge is -2.35. The van der Waals surface area contributed by atoms with Crippen molar-refractivity contribution in [2.45, 2.75) is 12.7 Å². The molecule has 0 N–H and O–H groups in total. The Morgan fingerprint density at radius 3 is 2.25 bits per heavy atom. The van der Waals surface area contributed by atoms with E-state index in [1.807, 2.05) is 47.4 Å². The molecule has 0 unspecified atom stereocenters. The SMILES string of the molecule is Cl.O=C(COc1ccc2ccccc2c1)N1CCN(Cc2ccccc2C(F)(F)F)CC1. The summed E-state index contributed by atoms with van der Waals surface area (Å²) in [6.45, 7) is 2.13. The number of carbonyl (C=O) groups is 1. The maximum Gasteiger partial charge on any atom is 0.416 e. The fourth-order valence-electron chi connectivity index (χ4n) is 3.82. The molecule has 0 radical (unpaired) electrons. The summed E-state index contributed by atoms with van der Waals surface area (Å²) in [5.74, 6) is 0.512. The second-order valence-corrected chi connectivity index (χ2v) is 7.61. The average Bonchev–Trinajstić information content (AvgIpc) is 2.77. The van der Waals surface area contributed by atoms with E-state index in [1.54, 1.807) is 11.0 Å². The molecule has 3 aromatic carbocycles. The van der Waals surface area contributed by atoms with E-state index in [0.29, 0.717) is 31.9 Å². The minimum absolute atomic E-state index is 0. The molecular weight excluding hydrogens is 441 g/mol. The monoisotopic (exact) mass is 464 g/mol. The molecule has 0 bridgehead atoms. The highest BCUT2D eigenvalue weighted by molar-refractivity contribution is 5.85. The predicted molar refractivity (Wildman–Crippen MR) is 120 cm³/mol. The Hall–Kier alpha value is -2.77. The third kappa shape index (κ3) is 5.72. The lowest BCUT2D eigenvalue weighted by atomic mass is 10.1. The van der Waals surface area contributed by atoms with Crippen molar-refractivity contribution in [2.24, 2.45) is 0 Å².